The van der Waals surface area contributed by atoms with E-state index in [1.165, 1.54) is 6.07 Å². The number of hydrogen-bond donors (Lipinski definition) is 2. The Bertz CT molecular complexity index is 491. The second-order valence-corrected chi connectivity index (χ2v) is 6.11. The minimum Gasteiger partial charge on any atom is -0.316 e. The van der Waals surface area contributed by atoms with Crippen molar-refractivity contribution >= 4 is 33.2 Å². The zero-order valence-electron chi connectivity index (χ0n) is 9.50. The molecule has 17 heavy (non-hydrogen) atoms. The molecule has 0 saturated carbocycles. The Morgan fingerprint density at radius 1 is 1.35 bits per heavy atom. The predicted molar refractivity (Wildman–Crippen MR) is 70.2 cm³/mol. The van der Waals surface area contributed by atoms with Crippen LogP contribution in [-0.4, -0.2) is 28.1 Å². The van der Waals surface area contributed by atoms with Crippen LogP contribution in [0.2, 0.25) is 10.0 Å². The van der Waals surface area contributed by atoms with E-state index in [2.05, 4.69) is 10.0 Å². The van der Waals surface area contributed by atoms with Crippen molar-refractivity contribution in [2.75, 3.05) is 13.6 Å². The molecule has 0 heterocycles. The third-order valence-electron chi connectivity index (χ3n) is 2.28. The normalized spacial score (nSPS) is 13.6. The smallest absolute Gasteiger partial charge is 0.242 e. The highest BCUT2D eigenvalue weighted by Gasteiger charge is 2.19. The highest BCUT2D eigenvalue weighted by atomic mass is 35.5. The summed E-state index contributed by atoms with van der Waals surface area (Å²) >= 11 is 11.6. The van der Waals surface area contributed by atoms with Crippen molar-refractivity contribution in [3.05, 3.63) is 28.2 Å². The lowest BCUT2D eigenvalue weighted by molar-refractivity contribution is 0.554. The maximum atomic E-state index is 11.9. The molecule has 0 spiro atoms. The second kappa shape index (κ2) is 6.02. The van der Waals surface area contributed by atoms with Crippen molar-refractivity contribution in [2.24, 2.45) is 0 Å². The number of hydrogen-bond acceptors (Lipinski definition) is 3. The molecule has 1 aromatic rings. The molecule has 1 rings (SSSR count). The van der Waals surface area contributed by atoms with Crippen LogP contribution in [0.4, 0.5) is 0 Å². The Morgan fingerprint density at radius 3 is 2.59 bits per heavy atom. The molecule has 0 saturated heterocycles. The number of rotatable bonds is 5. The summed E-state index contributed by atoms with van der Waals surface area (Å²) in [5.41, 5.74) is 0. The lowest BCUT2D eigenvalue weighted by Gasteiger charge is -2.13. The van der Waals surface area contributed by atoms with Gasteiger partial charge in [-0.2, -0.15) is 0 Å². The first-order valence-electron chi connectivity index (χ1n) is 4.99. The van der Waals surface area contributed by atoms with E-state index in [0.717, 1.165) is 0 Å². The Balaban J connectivity index is 2.94. The molecular weight excluding hydrogens is 283 g/mol. The van der Waals surface area contributed by atoms with E-state index in [4.69, 9.17) is 23.2 Å². The predicted octanol–water partition coefficient (Wildman–Crippen LogP) is 1.88. The van der Waals surface area contributed by atoms with Crippen LogP contribution in [0.5, 0.6) is 0 Å². The van der Waals surface area contributed by atoms with Gasteiger partial charge in [0.25, 0.3) is 0 Å². The summed E-state index contributed by atoms with van der Waals surface area (Å²) in [6.07, 6.45) is 0. The van der Waals surface area contributed by atoms with Crippen LogP contribution < -0.4 is 10.0 Å². The van der Waals surface area contributed by atoms with Crippen molar-refractivity contribution in [2.45, 2.75) is 17.9 Å². The topological polar surface area (TPSA) is 58.2 Å². The zero-order valence-corrected chi connectivity index (χ0v) is 11.8. The van der Waals surface area contributed by atoms with Gasteiger partial charge in [0.2, 0.25) is 10.0 Å². The lowest BCUT2D eigenvalue weighted by atomic mass is 10.4. The van der Waals surface area contributed by atoms with Crippen LogP contribution in [0, 0.1) is 0 Å². The van der Waals surface area contributed by atoms with Crippen LogP contribution in [0.3, 0.4) is 0 Å². The van der Waals surface area contributed by atoms with E-state index >= 15 is 0 Å². The van der Waals surface area contributed by atoms with Crippen LogP contribution in [-0.2, 0) is 10.0 Å². The van der Waals surface area contributed by atoms with Crippen molar-refractivity contribution < 1.29 is 8.42 Å². The van der Waals surface area contributed by atoms with Gasteiger partial charge in [-0.05, 0) is 26.1 Å². The molecule has 1 unspecified atom stereocenters. The molecule has 96 valence electrons. The molecule has 0 aliphatic heterocycles. The van der Waals surface area contributed by atoms with Crippen LogP contribution in [0.15, 0.2) is 23.1 Å². The van der Waals surface area contributed by atoms with E-state index < -0.39 is 10.0 Å². The highest BCUT2D eigenvalue weighted by molar-refractivity contribution is 7.89. The summed E-state index contributed by atoms with van der Waals surface area (Å²) in [5, 5.41) is 3.19. The van der Waals surface area contributed by atoms with Gasteiger partial charge < -0.3 is 5.32 Å². The molecule has 1 atom stereocenters. The van der Waals surface area contributed by atoms with E-state index in [0.29, 0.717) is 0 Å². The third-order valence-corrected chi connectivity index (χ3v) is 4.67. The standard InChI is InChI=1S/C10H14Cl2N2O2S/c1-7(13-2)6-14-17(15,16)9-5-3-4-8(11)10(9)12/h3-5,7,13-14H,6H2,1-2H3. The summed E-state index contributed by atoms with van der Waals surface area (Å²) in [4.78, 5) is -0.00466. The molecule has 0 fully saturated rings. The van der Waals surface area contributed by atoms with Gasteiger partial charge >= 0.3 is 0 Å². The first kappa shape index (κ1) is 14.7. The molecule has 0 radical (unpaired) electrons. The largest absolute Gasteiger partial charge is 0.316 e. The van der Waals surface area contributed by atoms with E-state index in [1.54, 1.807) is 19.2 Å². The quantitative estimate of drug-likeness (QED) is 0.872. The number of sulfonamides is 1. The summed E-state index contributed by atoms with van der Waals surface area (Å²) < 4.78 is 26.3. The fourth-order valence-corrected chi connectivity index (χ4v) is 3.00. The Kier molecular flexibility index (Phi) is 5.22. The molecule has 0 aromatic heterocycles. The second-order valence-electron chi connectivity index (χ2n) is 3.59. The van der Waals surface area contributed by atoms with Gasteiger partial charge in [0.15, 0.2) is 0 Å². The molecule has 1 aromatic carbocycles. The van der Waals surface area contributed by atoms with Gasteiger partial charge in [-0.3, -0.25) is 0 Å². The minimum atomic E-state index is -3.62. The number of likely N-dealkylation sites (N-methyl/N-ethyl adjacent to an activating group) is 1. The van der Waals surface area contributed by atoms with Gasteiger partial charge in [-0.25, -0.2) is 13.1 Å². The Hall–Kier alpha value is -0.330. The number of halogens is 2. The van der Waals surface area contributed by atoms with Gasteiger partial charge in [-0.1, -0.05) is 29.3 Å². The van der Waals surface area contributed by atoms with Crippen molar-refractivity contribution in [1.29, 1.82) is 0 Å². The van der Waals surface area contributed by atoms with Crippen LogP contribution in [0.1, 0.15) is 6.92 Å². The molecule has 4 nitrogen and oxygen atoms in total. The van der Waals surface area contributed by atoms with Gasteiger partial charge in [0.1, 0.15) is 4.90 Å². The highest BCUT2D eigenvalue weighted by Crippen LogP contribution is 2.28. The lowest BCUT2D eigenvalue weighted by Crippen LogP contribution is -2.37. The SMILES string of the molecule is CNC(C)CNS(=O)(=O)c1cccc(Cl)c1Cl. The third kappa shape index (κ3) is 3.82. The van der Waals surface area contributed by atoms with Crippen molar-refractivity contribution in [1.82, 2.24) is 10.0 Å². The molecule has 0 amide bonds. The van der Waals surface area contributed by atoms with E-state index in [1.807, 2.05) is 6.92 Å². The van der Waals surface area contributed by atoms with E-state index in [9.17, 15) is 8.42 Å². The monoisotopic (exact) mass is 296 g/mol. The fourth-order valence-electron chi connectivity index (χ4n) is 1.11. The average molecular weight is 297 g/mol. The molecule has 7 heteroatoms. The fraction of sp³-hybridized carbons (Fsp3) is 0.400. The van der Waals surface area contributed by atoms with Crippen molar-refractivity contribution in [3.63, 3.8) is 0 Å². The zero-order chi connectivity index (χ0) is 13.1. The average Bonchev–Trinajstić information content (AvgIpc) is 2.29. The van der Waals surface area contributed by atoms with Crippen molar-refractivity contribution in [3.8, 4) is 0 Å². The maximum Gasteiger partial charge on any atom is 0.242 e. The molecule has 0 aliphatic rings. The first-order chi connectivity index (χ1) is 7.88. The summed E-state index contributed by atoms with van der Waals surface area (Å²) in [6.45, 7) is 2.14. The number of benzene rings is 1. The van der Waals surface area contributed by atoms with Gasteiger partial charge in [-0.15, -0.1) is 0 Å². The molecule has 2 N–H and O–H groups in total. The molecular formula is C10H14Cl2N2O2S. The maximum absolute atomic E-state index is 11.9. The molecule has 0 aliphatic carbocycles. The van der Waals surface area contributed by atoms with E-state index in [-0.39, 0.29) is 27.5 Å². The minimum absolute atomic E-state index is 0.00466. The molecule has 0 bridgehead atoms. The first-order valence-corrected chi connectivity index (χ1v) is 7.23. The number of nitrogens with one attached hydrogen (secondary N) is 2. The summed E-state index contributed by atoms with van der Waals surface area (Å²) in [7, 11) is -1.87. The summed E-state index contributed by atoms with van der Waals surface area (Å²) in [5.74, 6) is 0. The Labute approximate surface area is 111 Å². The Morgan fingerprint density at radius 2 is 2.00 bits per heavy atom. The van der Waals surface area contributed by atoms with Crippen LogP contribution in [0.25, 0.3) is 0 Å². The van der Waals surface area contributed by atoms with Gasteiger partial charge in [0.05, 0.1) is 10.0 Å². The summed E-state index contributed by atoms with van der Waals surface area (Å²) in [6, 6.07) is 4.53. The van der Waals surface area contributed by atoms with Crippen LogP contribution >= 0.6 is 23.2 Å². The van der Waals surface area contributed by atoms with Gasteiger partial charge in [0, 0.05) is 12.6 Å².